The van der Waals surface area contributed by atoms with Crippen LogP contribution in [0.25, 0.3) is 5.57 Å². The molecule has 24 heavy (non-hydrogen) atoms. The molecule has 0 radical (unpaired) electrons. The lowest BCUT2D eigenvalue weighted by atomic mass is 10.1. The normalized spacial score (nSPS) is 20.1. The van der Waals surface area contributed by atoms with Gasteiger partial charge in [0.15, 0.2) is 0 Å². The number of unbranched alkanes of at least 4 members (excludes halogenated alkanes) is 1. The van der Waals surface area contributed by atoms with Crippen LogP contribution in [0.5, 0.6) is 0 Å². The first-order valence-electron chi connectivity index (χ1n) is 7.90. The SMILES string of the molecule is C=CCN1C(=O)/C(=C2\C(=O)N(CCCC)c3ccccc32)SC1=S. The molecule has 1 aromatic rings. The zero-order chi connectivity index (χ0) is 17.3. The summed E-state index contributed by atoms with van der Waals surface area (Å²) in [7, 11) is 0. The maximum absolute atomic E-state index is 13.0. The van der Waals surface area contributed by atoms with Crippen molar-refractivity contribution in [3.63, 3.8) is 0 Å². The molecule has 0 aromatic heterocycles. The lowest BCUT2D eigenvalue weighted by Crippen LogP contribution is -2.30. The molecule has 0 unspecified atom stereocenters. The standard InChI is InChI=1S/C18H18N2O2S2/c1-3-5-11-19-13-9-7-6-8-12(13)14(16(19)21)15-17(22)20(10-4-2)18(23)24-15/h4,6-9H,2-3,5,10-11H2,1H3/b15-14+. The molecule has 3 rings (SSSR count). The molecule has 0 saturated carbocycles. The highest BCUT2D eigenvalue weighted by Crippen LogP contribution is 2.44. The third kappa shape index (κ3) is 2.70. The van der Waals surface area contributed by atoms with Crippen LogP contribution in [0.2, 0.25) is 0 Å². The predicted molar refractivity (Wildman–Crippen MR) is 103 cm³/mol. The number of hydrogen-bond donors (Lipinski definition) is 0. The van der Waals surface area contributed by atoms with Crippen molar-refractivity contribution < 1.29 is 9.59 Å². The highest BCUT2D eigenvalue weighted by molar-refractivity contribution is 8.26. The Morgan fingerprint density at radius 3 is 2.67 bits per heavy atom. The second-order valence-electron chi connectivity index (χ2n) is 5.60. The highest BCUT2D eigenvalue weighted by Gasteiger charge is 2.41. The number of para-hydroxylation sites is 1. The number of anilines is 1. The van der Waals surface area contributed by atoms with Crippen molar-refractivity contribution in [2.24, 2.45) is 0 Å². The average molecular weight is 358 g/mol. The molecule has 2 aliphatic rings. The van der Waals surface area contributed by atoms with Crippen LogP contribution < -0.4 is 4.90 Å². The molecule has 2 heterocycles. The second kappa shape index (κ2) is 6.91. The molecule has 0 bridgehead atoms. The minimum absolute atomic E-state index is 0.108. The van der Waals surface area contributed by atoms with Crippen molar-refractivity contribution in [1.82, 2.24) is 4.90 Å². The van der Waals surface area contributed by atoms with E-state index in [1.54, 1.807) is 11.0 Å². The van der Waals surface area contributed by atoms with Crippen molar-refractivity contribution in [3.05, 3.63) is 47.4 Å². The van der Waals surface area contributed by atoms with Crippen LogP contribution in [0, 0.1) is 0 Å². The fourth-order valence-electron chi connectivity index (χ4n) is 2.87. The summed E-state index contributed by atoms with van der Waals surface area (Å²) in [5.41, 5.74) is 2.17. The van der Waals surface area contributed by atoms with E-state index in [9.17, 15) is 9.59 Å². The summed E-state index contributed by atoms with van der Waals surface area (Å²) in [5.74, 6) is -0.316. The van der Waals surface area contributed by atoms with Gasteiger partial charge in [0.2, 0.25) is 0 Å². The van der Waals surface area contributed by atoms with Crippen LogP contribution in [0.15, 0.2) is 41.8 Å². The number of fused-ring (bicyclic) bond motifs is 1. The molecule has 0 N–H and O–H groups in total. The molecule has 1 saturated heterocycles. The number of nitrogens with zero attached hydrogens (tertiary/aromatic N) is 2. The van der Waals surface area contributed by atoms with Gasteiger partial charge in [-0.25, -0.2) is 0 Å². The summed E-state index contributed by atoms with van der Waals surface area (Å²) in [4.78, 5) is 29.4. The van der Waals surface area contributed by atoms with Gasteiger partial charge < -0.3 is 4.90 Å². The van der Waals surface area contributed by atoms with E-state index in [4.69, 9.17) is 12.2 Å². The Labute approximate surface area is 151 Å². The fourth-order valence-corrected chi connectivity index (χ4v) is 4.22. The van der Waals surface area contributed by atoms with Crippen LogP contribution in [-0.4, -0.2) is 34.1 Å². The molecule has 0 spiro atoms. The summed E-state index contributed by atoms with van der Waals surface area (Å²) in [6.45, 7) is 6.76. The maximum Gasteiger partial charge on any atom is 0.267 e. The van der Waals surface area contributed by atoms with Crippen LogP contribution in [0.3, 0.4) is 0 Å². The lowest BCUT2D eigenvalue weighted by Gasteiger charge is -2.16. The number of hydrogen-bond acceptors (Lipinski definition) is 4. The van der Waals surface area contributed by atoms with Crippen molar-refractivity contribution in [2.75, 3.05) is 18.0 Å². The van der Waals surface area contributed by atoms with Crippen LogP contribution >= 0.6 is 24.0 Å². The van der Waals surface area contributed by atoms with Gasteiger partial charge in [0.1, 0.15) is 4.32 Å². The van der Waals surface area contributed by atoms with Gasteiger partial charge in [-0.15, -0.1) is 6.58 Å². The summed E-state index contributed by atoms with van der Waals surface area (Å²) in [6, 6.07) is 7.63. The van der Waals surface area contributed by atoms with Crippen LogP contribution in [-0.2, 0) is 9.59 Å². The Hall–Kier alpha value is -1.92. The monoisotopic (exact) mass is 358 g/mol. The highest BCUT2D eigenvalue weighted by atomic mass is 32.2. The largest absolute Gasteiger partial charge is 0.308 e. The van der Waals surface area contributed by atoms with Crippen molar-refractivity contribution >= 4 is 51.4 Å². The maximum atomic E-state index is 13.0. The topological polar surface area (TPSA) is 40.6 Å². The molecule has 4 nitrogen and oxygen atoms in total. The Morgan fingerprint density at radius 1 is 1.21 bits per heavy atom. The summed E-state index contributed by atoms with van der Waals surface area (Å²) >= 11 is 6.50. The first-order chi connectivity index (χ1) is 11.6. The number of benzene rings is 1. The Bertz CT molecular complexity index is 770. The minimum atomic E-state index is -0.208. The van der Waals surface area contributed by atoms with Gasteiger partial charge in [0, 0.05) is 18.7 Å². The Morgan fingerprint density at radius 2 is 1.96 bits per heavy atom. The Kier molecular flexibility index (Phi) is 4.87. The second-order valence-corrected chi connectivity index (χ2v) is 7.25. The lowest BCUT2D eigenvalue weighted by molar-refractivity contribution is -0.122. The van der Waals surface area contributed by atoms with Crippen molar-refractivity contribution in [1.29, 1.82) is 0 Å². The van der Waals surface area contributed by atoms with E-state index >= 15 is 0 Å². The van der Waals surface area contributed by atoms with Crippen LogP contribution in [0.4, 0.5) is 5.69 Å². The van der Waals surface area contributed by atoms with E-state index in [0.717, 1.165) is 24.1 Å². The van der Waals surface area contributed by atoms with Crippen molar-refractivity contribution in [2.45, 2.75) is 19.8 Å². The van der Waals surface area contributed by atoms with Gasteiger partial charge in [-0.3, -0.25) is 14.5 Å². The first-order valence-corrected chi connectivity index (χ1v) is 9.12. The number of amides is 2. The third-order valence-electron chi connectivity index (χ3n) is 4.05. The first kappa shape index (κ1) is 16.9. The number of carbonyl (C=O) groups is 2. The number of thiocarbonyl (C=S) groups is 1. The molecule has 2 amide bonds. The zero-order valence-electron chi connectivity index (χ0n) is 13.4. The van der Waals surface area contributed by atoms with Crippen molar-refractivity contribution in [3.8, 4) is 0 Å². The summed E-state index contributed by atoms with van der Waals surface area (Å²) < 4.78 is 0.472. The van der Waals surface area contributed by atoms with Crippen LogP contribution in [0.1, 0.15) is 25.3 Å². The molecule has 2 aliphatic heterocycles. The Balaban J connectivity index is 2.08. The van der Waals surface area contributed by atoms with E-state index < -0.39 is 0 Å². The average Bonchev–Trinajstić information content (AvgIpc) is 3.01. The van der Waals surface area contributed by atoms with Gasteiger partial charge in [-0.05, 0) is 12.5 Å². The number of carbonyl (C=O) groups excluding carboxylic acids is 2. The summed E-state index contributed by atoms with van der Waals surface area (Å²) in [6.07, 6.45) is 3.56. The molecule has 1 fully saturated rings. The van der Waals surface area contributed by atoms with Gasteiger partial charge >= 0.3 is 0 Å². The fraction of sp³-hybridized carbons (Fsp3) is 0.278. The summed E-state index contributed by atoms with van der Waals surface area (Å²) in [5, 5.41) is 0. The molecule has 0 aliphatic carbocycles. The van der Waals surface area contributed by atoms with Gasteiger partial charge in [-0.2, -0.15) is 0 Å². The molecule has 1 aromatic carbocycles. The number of thioether (sulfide) groups is 1. The third-order valence-corrected chi connectivity index (χ3v) is 5.49. The van der Waals surface area contributed by atoms with Gasteiger partial charge in [0.05, 0.1) is 16.2 Å². The minimum Gasteiger partial charge on any atom is -0.308 e. The van der Waals surface area contributed by atoms with Gasteiger partial charge in [-0.1, -0.05) is 61.6 Å². The number of rotatable bonds is 5. The smallest absolute Gasteiger partial charge is 0.267 e. The molecule has 6 heteroatoms. The van der Waals surface area contributed by atoms with E-state index in [1.165, 1.54) is 16.7 Å². The van der Waals surface area contributed by atoms with E-state index in [2.05, 4.69) is 13.5 Å². The predicted octanol–water partition coefficient (Wildman–Crippen LogP) is 3.59. The zero-order valence-corrected chi connectivity index (χ0v) is 15.1. The quantitative estimate of drug-likeness (QED) is 0.458. The van der Waals surface area contributed by atoms with E-state index in [1.807, 2.05) is 24.3 Å². The molecule has 124 valence electrons. The van der Waals surface area contributed by atoms with Gasteiger partial charge in [0.25, 0.3) is 11.8 Å². The molecular weight excluding hydrogens is 340 g/mol. The van der Waals surface area contributed by atoms with E-state index in [0.29, 0.717) is 27.9 Å². The van der Waals surface area contributed by atoms with E-state index in [-0.39, 0.29) is 11.8 Å². The molecule has 0 atom stereocenters. The molecular formula is C18H18N2O2S2.